The summed E-state index contributed by atoms with van der Waals surface area (Å²) in [5, 5.41) is 0.886. The Morgan fingerprint density at radius 3 is 2.50 bits per heavy atom. The Labute approximate surface area is 209 Å². The van der Waals surface area contributed by atoms with Gasteiger partial charge in [-0.1, -0.05) is 35.3 Å². The van der Waals surface area contributed by atoms with E-state index in [1.165, 1.54) is 17.7 Å². The van der Waals surface area contributed by atoms with E-state index in [1.54, 1.807) is 42.2 Å². The number of halogens is 2. The van der Waals surface area contributed by atoms with Crippen LogP contribution < -0.4 is 9.47 Å². The average Bonchev–Trinajstić information content (AvgIpc) is 3.40. The van der Waals surface area contributed by atoms with Gasteiger partial charge in [-0.05, 0) is 25.1 Å². The number of aryl methyl sites for hydroxylation is 1. The number of allylic oxidation sites excluding steroid dienone is 1. The van der Waals surface area contributed by atoms with Crippen molar-refractivity contribution in [3.63, 3.8) is 0 Å². The third-order valence-corrected chi connectivity index (χ3v) is 6.83. The van der Waals surface area contributed by atoms with Gasteiger partial charge in [-0.25, -0.2) is 15.0 Å². The summed E-state index contributed by atoms with van der Waals surface area (Å²) in [6, 6.07) is 10.5. The molecule has 170 valence electrons. The van der Waals surface area contributed by atoms with Crippen molar-refractivity contribution in [1.82, 2.24) is 15.0 Å². The van der Waals surface area contributed by atoms with E-state index in [9.17, 15) is 4.79 Å². The summed E-state index contributed by atoms with van der Waals surface area (Å²) in [5.74, 6) is 1.07. The fraction of sp³-hybridized carbons (Fsp3) is 0.120. The van der Waals surface area contributed by atoms with Crippen molar-refractivity contribution in [1.29, 1.82) is 0 Å². The summed E-state index contributed by atoms with van der Waals surface area (Å²) in [5.41, 5.74) is 5.69. The molecule has 0 saturated carbocycles. The Hall–Kier alpha value is -3.26. The highest BCUT2D eigenvalue weighted by atomic mass is 35.5. The summed E-state index contributed by atoms with van der Waals surface area (Å²) < 4.78 is 11.8. The van der Waals surface area contributed by atoms with E-state index in [0.29, 0.717) is 38.2 Å². The average molecular weight is 510 g/mol. The number of benzene rings is 2. The van der Waals surface area contributed by atoms with Crippen molar-refractivity contribution in [3.8, 4) is 11.5 Å². The van der Waals surface area contributed by atoms with E-state index in [1.807, 2.05) is 19.1 Å². The van der Waals surface area contributed by atoms with E-state index >= 15 is 0 Å². The van der Waals surface area contributed by atoms with Crippen molar-refractivity contribution < 1.29 is 14.3 Å². The minimum atomic E-state index is -0.107. The van der Waals surface area contributed by atoms with Crippen molar-refractivity contribution >= 4 is 51.5 Å². The van der Waals surface area contributed by atoms with Crippen LogP contribution in [0.2, 0.25) is 10.0 Å². The molecule has 0 bridgehead atoms. The molecular weight excluding hydrogens is 493 g/mol. The lowest BCUT2D eigenvalue weighted by Gasteiger charge is -2.14. The Bertz CT molecular complexity index is 1420. The molecule has 2 heterocycles. The molecular formula is C25H17Cl2N3O3S. The van der Waals surface area contributed by atoms with Gasteiger partial charge in [0.1, 0.15) is 31.0 Å². The number of rotatable bonds is 7. The number of thiazole rings is 1. The number of aromatic nitrogens is 3. The summed E-state index contributed by atoms with van der Waals surface area (Å²) >= 11 is 13.5. The van der Waals surface area contributed by atoms with Crippen molar-refractivity contribution in [2.75, 3.05) is 13.2 Å². The second-order valence-electron chi connectivity index (χ2n) is 7.41. The second kappa shape index (κ2) is 9.54. The number of ether oxygens (including phenoxy) is 2. The van der Waals surface area contributed by atoms with Gasteiger partial charge in [-0.3, -0.25) is 4.79 Å². The second-order valence-corrected chi connectivity index (χ2v) is 9.29. The van der Waals surface area contributed by atoms with Crippen molar-refractivity contribution in [2.45, 2.75) is 6.92 Å². The van der Waals surface area contributed by atoms with Crippen LogP contribution in [-0.2, 0) is 0 Å². The van der Waals surface area contributed by atoms with Gasteiger partial charge in [0.05, 0.1) is 21.2 Å². The fourth-order valence-electron chi connectivity index (χ4n) is 3.84. The summed E-state index contributed by atoms with van der Waals surface area (Å²) in [6.07, 6.45) is 4.71. The van der Waals surface area contributed by atoms with E-state index in [-0.39, 0.29) is 19.0 Å². The normalized spacial score (nSPS) is 12.7. The molecule has 1 aliphatic rings. The molecule has 2 aromatic heterocycles. The monoisotopic (exact) mass is 509 g/mol. The number of Topliss-reactive ketones (excluding diaryl/α,β-unsaturated/α-hetero) is 1. The minimum absolute atomic E-state index is 0.107. The molecule has 2 aromatic carbocycles. The Balaban J connectivity index is 1.47. The van der Waals surface area contributed by atoms with Crippen LogP contribution in [0, 0.1) is 6.92 Å². The number of fused-ring (bicyclic) bond motifs is 1. The van der Waals surface area contributed by atoms with Gasteiger partial charge >= 0.3 is 0 Å². The number of hydrogen-bond donors (Lipinski definition) is 0. The highest BCUT2D eigenvalue weighted by Crippen LogP contribution is 2.46. The highest BCUT2D eigenvalue weighted by Gasteiger charge is 2.35. The molecule has 0 spiro atoms. The third kappa shape index (κ3) is 4.18. The van der Waals surface area contributed by atoms with Crippen LogP contribution in [0.15, 0.2) is 60.6 Å². The lowest BCUT2D eigenvalue weighted by molar-refractivity contribution is 0.105. The molecule has 5 rings (SSSR count). The topological polar surface area (TPSA) is 74.2 Å². The highest BCUT2D eigenvalue weighted by molar-refractivity contribution is 7.09. The molecule has 1 aliphatic carbocycles. The van der Waals surface area contributed by atoms with Crippen molar-refractivity contribution in [2.24, 2.45) is 0 Å². The van der Waals surface area contributed by atoms with E-state index in [2.05, 4.69) is 15.0 Å². The van der Waals surface area contributed by atoms with Crippen LogP contribution in [0.25, 0.3) is 11.1 Å². The molecule has 0 fully saturated rings. The van der Waals surface area contributed by atoms with E-state index in [0.717, 1.165) is 21.7 Å². The molecule has 0 amide bonds. The van der Waals surface area contributed by atoms with Crippen LogP contribution in [-0.4, -0.2) is 33.9 Å². The minimum Gasteiger partial charge on any atom is -0.490 e. The van der Waals surface area contributed by atoms with E-state index in [4.69, 9.17) is 32.7 Å². The summed E-state index contributed by atoms with van der Waals surface area (Å²) in [7, 11) is 0. The van der Waals surface area contributed by atoms with Crippen LogP contribution in [0.5, 0.6) is 11.5 Å². The largest absolute Gasteiger partial charge is 0.490 e. The first-order chi connectivity index (χ1) is 16.5. The van der Waals surface area contributed by atoms with Gasteiger partial charge in [0.25, 0.3) is 0 Å². The van der Waals surface area contributed by atoms with Gasteiger partial charge in [0, 0.05) is 51.2 Å². The maximum atomic E-state index is 13.5. The zero-order valence-electron chi connectivity index (χ0n) is 17.9. The molecule has 0 radical (unpaired) electrons. The molecule has 4 aromatic rings. The van der Waals surface area contributed by atoms with Gasteiger partial charge < -0.3 is 9.47 Å². The van der Waals surface area contributed by atoms with Crippen LogP contribution in [0.3, 0.4) is 0 Å². The zero-order valence-corrected chi connectivity index (χ0v) is 20.2. The number of hydrogen-bond acceptors (Lipinski definition) is 7. The molecule has 0 aliphatic heterocycles. The maximum absolute atomic E-state index is 13.5. The molecule has 0 N–H and O–H groups in total. The molecule has 6 nitrogen and oxygen atoms in total. The number of ketones is 1. The molecule has 0 saturated heterocycles. The predicted molar refractivity (Wildman–Crippen MR) is 133 cm³/mol. The Morgan fingerprint density at radius 2 is 1.76 bits per heavy atom. The fourth-order valence-corrected chi connectivity index (χ4v) is 4.71. The van der Waals surface area contributed by atoms with E-state index < -0.39 is 0 Å². The lowest BCUT2D eigenvalue weighted by Crippen LogP contribution is -2.10. The maximum Gasteiger partial charge on any atom is 0.195 e. The molecule has 9 heteroatoms. The standard InChI is InChI=1S/C25H17Cl2N3O3S/c1-14-24(30-13-34-14)23-21(15-10-28-12-29-11-15)25(31)17-3-2-4-20(22(17)23)33-8-7-32-16-5-6-18(26)19(27)9-16/h2-6,9-13H,7-8H2,1H3. The van der Waals surface area contributed by atoms with Gasteiger partial charge in [-0.2, -0.15) is 0 Å². The zero-order chi connectivity index (χ0) is 23.7. The third-order valence-electron chi connectivity index (χ3n) is 5.33. The summed E-state index contributed by atoms with van der Waals surface area (Å²) in [6.45, 7) is 2.53. The van der Waals surface area contributed by atoms with Gasteiger partial charge in [0.2, 0.25) is 0 Å². The first kappa shape index (κ1) is 22.5. The molecule has 0 atom stereocenters. The Morgan fingerprint density at radius 1 is 0.971 bits per heavy atom. The number of carbonyl (C=O) groups excluding carboxylic acids is 1. The Kier molecular flexibility index (Phi) is 6.32. The smallest absolute Gasteiger partial charge is 0.195 e. The SMILES string of the molecule is Cc1scnc1C1=C(c2cncnc2)C(=O)c2cccc(OCCOc3ccc(Cl)c(Cl)c3)c21. The lowest BCUT2D eigenvalue weighted by atomic mass is 9.98. The van der Waals surface area contributed by atoms with Crippen LogP contribution >= 0.6 is 34.5 Å². The van der Waals surface area contributed by atoms with Crippen molar-refractivity contribution in [3.05, 3.63) is 97.9 Å². The predicted octanol–water partition coefficient (Wildman–Crippen LogP) is 6.16. The number of carbonyl (C=O) groups is 1. The van der Waals surface area contributed by atoms with Gasteiger partial charge in [0.15, 0.2) is 5.78 Å². The van der Waals surface area contributed by atoms with Crippen LogP contribution in [0.4, 0.5) is 0 Å². The summed E-state index contributed by atoms with van der Waals surface area (Å²) in [4.78, 5) is 27.3. The molecule has 34 heavy (non-hydrogen) atoms. The molecule has 0 unspecified atom stereocenters. The first-order valence-electron chi connectivity index (χ1n) is 10.3. The first-order valence-corrected chi connectivity index (χ1v) is 12.0. The van der Waals surface area contributed by atoms with Gasteiger partial charge in [-0.15, -0.1) is 11.3 Å². The number of nitrogens with zero attached hydrogens (tertiary/aromatic N) is 3. The van der Waals surface area contributed by atoms with Crippen LogP contribution in [0.1, 0.15) is 32.1 Å². The quantitative estimate of drug-likeness (QED) is 0.277.